The SMILES string of the molecule is CCOc1c(Cl)cc(C(=O)NC(C)(CC)C(=O)O)cc1OC. The van der Waals surface area contributed by atoms with Crippen molar-refractivity contribution in [1.29, 1.82) is 0 Å². The van der Waals surface area contributed by atoms with Crippen molar-refractivity contribution in [2.75, 3.05) is 13.7 Å². The van der Waals surface area contributed by atoms with Crippen LogP contribution in [-0.4, -0.2) is 36.2 Å². The number of amides is 1. The maximum Gasteiger partial charge on any atom is 0.329 e. The Morgan fingerprint density at radius 3 is 2.45 bits per heavy atom. The second-order valence-corrected chi connectivity index (χ2v) is 5.27. The monoisotopic (exact) mass is 329 g/mol. The Balaban J connectivity index is 3.14. The molecule has 0 heterocycles. The summed E-state index contributed by atoms with van der Waals surface area (Å²) in [6, 6.07) is 2.88. The van der Waals surface area contributed by atoms with Crippen molar-refractivity contribution in [2.45, 2.75) is 32.7 Å². The van der Waals surface area contributed by atoms with E-state index in [0.717, 1.165) is 0 Å². The number of benzene rings is 1. The number of carboxylic acid groups (broad SMARTS) is 1. The van der Waals surface area contributed by atoms with E-state index in [0.29, 0.717) is 18.1 Å². The predicted octanol–water partition coefficient (Wildman–Crippen LogP) is 2.73. The van der Waals surface area contributed by atoms with E-state index in [2.05, 4.69) is 5.32 Å². The molecule has 0 saturated heterocycles. The van der Waals surface area contributed by atoms with Crippen LogP contribution in [0.2, 0.25) is 5.02 Å². The minimum absolute atomic E-state index is 0.200. The van der Waals surface area contributed by atoms with Gasteiger partial charge in [-0.05, 0) is 32.4 Å². The van der Waals surface area contributed by atoms with Gasteiger partial charge >= 0.3 is 5.97 Å². The Bertz CT molecular complexity index is 575. The Hall–Kier alpha value is -1.95. The molecular formula is C15H20ClNO5. The van der Waals surface area contributed by atoms with Gasteiger partial charge in [0.05, 0.1) is 18.7 Å². The second kappa shape index (κ2) is 7.35. The van der Waals surface area contributed by atoms with Gasteiger partial charge < -0.3 is 19.9 Å². The fourth-order valence-electron chi connectivity index (χ4n) is 1.75. The van der Waals surface area contributed by atoms with Crippen LogP contribution >= 0.6 is 11.6 Å². The Kier molecular flexibility index (Phi) is 6.05. The number of hydrogen-bond acceptors (Lipinski definition) is 4. The Morgan fingerprint density at radius 1 is 1.36 bits per heavy atom. The number of aliphatic carboxylic acids is 1. The lowest BCUT2D eigenvalue weighted by molar-refractivity contribution is -0.143. The van der Waals surface area contributed by atoms with Crippen molar-refractivity contribution in [3.8, 4) is 11.5 Å². The molecule has 1 aromatic rings. The van der Waals surface area contributed by atoms with E-state index in [9.17, 15) is 14.7 Å². The highest BCUT2D eigenvalue weighted by atomic mass is 35.5. The first-order valence-corrected chi connectivity index (χ1v) is 7.23. The average Bonchev–Trinajstić information content (AvgIpc) is 2.48. The second-order valence-electron chi connectivity index (χ2n) is 4.87. The van der Waals surface area contributed by atoms with Crippen molar-refractivity contribution >= 4 is 23.5 Å². The number of nitrogens with one attached hydrogen (secondary N) is 1. The Morgan fingerprint density at radius 2 is 2.00 bits per heavy atom. The van der Waals surface area contributed by atoms with Gasteiger partial charge in [-0.15, -0.1) is 0 Å². The van der Waals surface area contributed by atoms with E-state index in [1.165, 1.54) is 26.2 Å². The molecule has 0 spiro atoms. The van der Waals surface area contributed by atoms with Crippen LogP contribution in [0.4, 0.5) is 0 Å². The molecule has 1 aromatic carbocycles. The van der Waals surface area contributed by atoms with Crippen LogP contribution in [0.3, 0.4) is 0 Å². The number of carbonyl (C=O) groups is 2. The predicted molar refractivity (Wildman–Crippen MR) is 83.0 cm³/mol. The first kappa shape index (κ1) is 18.1. The molecule has 0 radical (unpaired) electrons. The zero-order valence-corrected chi connectivity index (χ0v) is 13.8. The highest BCUT2D eigenvalue weighted by Crippen LogP contribution is 2.36. The maximum atomic E-state index is 12.3. The lowest BCUT2D eigenvalue weighted by atomic mass is 9.98. The molecule has 0 aliphatic rings. The molecule has 1 unspecified atom stereocenters. The molecule has 0 saturated carbocycles. The highest BCUT2D eigenvalue weighted by molar-refractivity contribution is 6.32. The van der Waals surface area contributed by atoms with Gasteiger partial charge in [0.2, 0.25) is 0 Å². The highest BCUT2D eigenvalue weighted by Gasteiger charge is 2.33. The van der Waals surface area contributed by atoms with Crippen LogP contribution in [0, 0.1) is 0 Å². The molecule has 1 amide bonds. The summed E-state index contributed by atoms with van der Waals surface area (Å²) in [5.41, 5.74) is -1.15. The van der Waals surface area contributed by atoms with Crippen LogP contribution in [0.1, 0.15) is 37.6 Å². The molecule has 2 N–H and O–H groups in total. The van der Waals surface area contributed by atoms with E-state index in [4.69, 9.17) is 21.1 Å². The van der Waals surface area contributed by atoms with E-state index < -0.39 is 17.4 Å². The van der Waals surface area contributed by atoms with Gasteiger partial charge in [0.15, 0.2) is 11.5 Å². The van der Waals surface area contributed by atoms with Crippen molar-refractivity contribution < 1.29 is 24.2 Å². The quantitative estimate of drug-likeness (QED) is 0.803. The summed E-state index contributed by atoms with van der Waals surface area (Å²) in [4.78, 5) is 23.5. The van der Waals surface area contributed by atoms with E-state index >= 15 is 0 Å². The average molecular weight is 330 g/mol. The van der Waals surface area contributed by atoms with Gasteiger partial charge in [0.25, 0.3) is 5.91 Å². The summed E-state index contributed by atoms with van der Waals surface area (Å²) in [6.07, 6.45) is 0.246. The smallest absolute Gasteiger partial charge is 0.329 e. The van der Waals surface area contributed by atoms with Crippen molar-refractivity contribution in [3.63, 3.8) is 0 Å². The minimum Gasteiger partial charge on any atom is -0.493 e. The summed E-state index contributed by atoms with van der Waals surface area (Å²) in [5, 5.41) is 11.9. The molecule has 0 aliphatic heterocycles. The molecular weight excluding hydrogens is 310 g/mol. The zero-order valence-electron chi connectivity index (χ0n) is 13.0. The molecule has 7 heteroatoms. The van der Waals surface area contributed by atoms with Crippen LogP contribution < -0.4 is 14.8 Å². The van der Waals surface area contributed by atoms with Crippen LogP contribution in [-0.2, 0) is 4.79 Å². The summed E-state index contributed by atoms with van der Waals surface area (Å²) in [7, 11) is 1.43. The minimum atomic E-state index is -1.35. The zero-order chi connectivity index (χ0) is 16.9. The largest absolute Gasteiger partial charge is 0.493 e. The van der Waals surface area contributed by atoms with Gasteiger partial charge in [-0.3, -0.25) is 4.79 Å². The van der Waals surface area contributed by atoms with Crippen molar-refractivity contribution in [3.05, 3.63) is 22.7 Å². The third-order valence-corrected chi connectivity index (χ3v) is 3.63. The topological polar surface area (TPSA) is 84.9 Å². The number of carbonyl (C=O) groups excluding carboxylic acids is 1. The normalized spacial score (nSPS) is 13.1. The van der Waals surface area contributed by atoms with E-state index in [1.54, 1.807) is 13.8 Å². The Labute approximate surface area is 134 Å². The number of methoxy groups -OCH3 is 1. The molecule has 0 aliphatic carbocycles. The van der Waals surface area contributed by atoms with Gasteiger partial charge in [0.1, 0.15) is 5.54 Å². The van der Waals surface area contributed by atoms with E-state index in [-0.39, 0.29) is 17.0 Å². The first-order valence-electron chi connectivity index (χ1n) is 6.85. The number of ether oxygens (including phenoxy) is 2. The molecule has 1 atom stereocenters. The first-order chi connectivity index (χ1) is 10.3. The molecule has 0 fully saturated rings. The fraction of sp³-hybridized carbons (Fsp3) is 0.467. The number of carboxylic acids is 1. The molecule has 0 aromatic heterocycles. The van der Waals surface area contributed by atoms with Gasteiger partial charge in [-0.2, -0.15) is 0 Å². The van der Waals surface area contributed by atoms with Crippen LogP contribution in [0.25, 0.3) is 0 Å². The van der Waals surface area contributed by atoms with Gasteiger partial charge in [-0.25, -0.2) is 4.79 Å². The molecule has 22 heavy (non-hydrogen) atoms. The summed E-state index contributed by atoms with van der Waals surface area (Å²) >= 11 is 6.10. The fourth-order valence-corrected chi connectivity index (χ4v) is 2.02. The maximum absolute atomic E-state index is 12.3. The standard InChI is InChI=1S/C15H20ClNO5/c1-5-15(3,14(19)20)17-13(18)9-7-10(16)12(22-6-2)11(8-9)21-4/h7-8H,5-6H2,1-4H3,(H,17,18)(H,19,20). The number of rotatable bonds is 7. The molecule has 1 rings (SSSR count). The van der Waals surface area contributed by atoms with E-state index in [1.807, 2.05) is 0 Å². The number of hydrogen-bond donors (Lipinski definition) is 2. The third-order valence-electron chi connectivity index (χ3n) is 3.35. The van der Waals surface area contributed by atoms with Gasteiger partial charge in [-0.1, -0.05) is 18.5 Å². The van der Waals surface area contributed by atoms with Gasteiger partial charge in [0, 0.05) is 5.56 Å². The van der Waals surface area contributed by atoms with Crippen molar-refractivity contribution in [2.24, 2.45) is 0 Å². The lowest BCUT2D eigenvalue weighted by Crippen LogP contribution is -2.51. The molecule has 6 nitrogen and oxygen atoms in total. The van der Waals surface area contributed by atoms with Crippen molar-refractivity contribution in [1.82, 2.24) is 5.32 Å². The van der Waals surface area contributed by atoms with Crippen LogP contribution in [0.15, 0.2) is 12.1 Å². The third kappa shape index (κ3) is 3.82. The molecule has 0 bridgehead atoms. The molecule has 122 valence electrons. The summed E-state index contributed by atoms with van der Waals surface area (Å²) in [5.74, 6) is -0.991. The summed E-state index contributed by atoms with van der Waals surface area (Å²) < 4.78 is 10.5. The number of halogens is 1. The lowest BCUT2D eigenvalue weighted by Gasteiger charge is -2.24. The summed E-state index contributed by atoms with van der Waals surface area (Å²) in [6.45, 7) is 5.32. The van der Waals surface area contributed by atoms with Crippen LogP contribution in [0.5, 0.6) is 11.5 Å².